The Morgan fingerprint density at radius 3 is 2.70 bits per heavy atom. The smallest absolute Gasteiger partial charge is 0.292 e. The van der Waals surface area contributed by atoms with Crippen LogP contribution in [0.4, 0.5) is 11.4 Å². The highest BCUT2D eigenvalue weighted by Crippen LogP contribution is 2.22. The Morgan fingerprint density at radius 1 is 1.17 bits per heavy atom. The molecule has 2 N–H and O–H groups in total. The molecule has 2 aromatic carbocycles. The first-order valence-corrected chi connectivity index (χ1v) is 7.01. The molecule has 23 heavy (non-hydrogen) atoms. The number of hydrogen-bond donors (Lipinski definition) is 2. The van der Waals surface area contributed by atoms with Crippen molar-refractivity contribution in [2.45, 2.75) is 0 Å². The predicted octanol–water partition coefficient (Wildman–Crippen LogP) is 2.45. The van der Waals surface area contributed by atoms with Gasteiger partial charge in [-0.25, -0.2) is 0 Å². The number of carbonyl (C=O) groups is 1. The van der Waals surface area contributed by atoms with Crippen LogP contribution in [0.2, 0.25) is 0 Å². The number of amides is 1. The molecule has 7 heteroatoms. The van der Waals surface area contributed by atoms with E-state index in [-0.39, 0.29) is 11.6 Å². The highest BCUT2D eigenvalue weighted by molar-refractivity contribution is 5.94. The number of nitro benzene ring substituents is 1. The van der Waals surface area contributed by atoms with Crippen LogP contribution in [0.25, 0.3) is 0 Å². The molecule has 0 bridgehead atoms. The molecule has 0 aliphatic rings. The van der Waals surface area contributed by atoms with Crippen molar-refractivity contribution in [3.63, 3.8) is 0 Å². The van der Waals surface area contributed by atoms with Gasteiger partial charge in [-0.2, -0.15) is 0 Å². The van der Waals surface area contributed by atoms with Gasteiger partial charge in [-0.1, -0.05) is 18.2 Å². The molecule has 0 aliphatic carbocycles. The average molecular weight is 315 g/mol. The Hall–Kier alpha value is -3.09. The fourth-order valence-electron chi connectivity index (χ4n) is 2.02. The second kappa shape index (κ2) is 7.79. The molecule has 0 aliphatic heterocycles. The maximum absolute atomic E-state index is 12.0. The van der Waals surface area contributed by atoms with Crippen LogP contribution in [-0.4, -0.2) is 31.0 Å². The topological polar surface area (TPSA) is 93.5 Å². The highest BCUT2D eigenvalue weighted by atomic mass is 16.6. The number of nitrogens with one attached hydrogen (secondary N) is 2. The molecule has 0 fully saturated rings. The number of anilines is 1. The zero-order valence-corrected chi connectivity index (χ0v) is 12.6. The number of nitrogens with zero attached hydrogens (tertiary/aromatic N) is 1. The molecule has 0 unspecified atom stereocenters. The average Bonchev–Trinajstić information content (AvgIpc) is 2.58. The van der Waals surface area contributed by atoms with Crippen molar-refractivity contribution in [2.24, 2.45) is 0 Å². The van der Waals surface area contributed by atoms with Gasteiger partial charge in [-0.05, 0) is 24.3 Å². The molecule has 120 valence electrons. The lowest BCUT2D eigenvalue weighted by atomic mass is 10.2. The van der Waals surface area contributed by atoms with Crippen molar-refractivity contribution in [1.82, 2.24) is 5.32 Å². The summed E-state index contributed by atoms with van der Waals surface area (Å²) in [6.45, 7) is 0.711. The summed E-state index contributed by atoms with van der Waals surface area (Å²) in [5.74, 6) is 0.379. The van der Waals surface area contributed by atoms with Crippen LogP contribution in [0.15, 0.2) is 48.5 Å². The third-order valence-electron chi connectivity index (χ3n) is 3.16. The minimum Gasteiger partial charge on any atom is -0.497 e. The van der Waals surface area contributed by atoms with E-state index in [2.05, 4.69) is 10.6 Å². The summed E-state index contributed by atoms with van der Waals surface area (Å²) in [5.41, 5.74) is 0.926. The number of nitro groups is 1. The molecule has 0 radical (unpaired) electrons. The molecular weight excluding hydrogens is 298 g/mol. The van der Waals surface area contributed by atoms with E-state index in [0.29, 0.717) is 30.1 Å². The fourth-order valence-corrected chi connectivity index (χ4v) is 2.02. The van der Waals surface area contributed by atoms with Gasteiger partial charge in [0.25, 0.3) is 11.6 Å². The van der Waals surface area contributed by atoms with Gasteiger partial charge in [0.15, 0.2) is 0 Å². The Balaban J connectivity index is 1.86. The third kappa shape index (κ3) is 4.44. The van der Waals surface area contributed by atoms with Crippen molar-refractivity contribution >= 4 is 17.3 Å². The van der Waals surface area contributed by atoms with Crippen molar-refractivity contribution in [3.05, 3.63) is 64.2 Å². The molecule has 0 saturated heterocycles. The maximum atomic E-state index is 12.0. The molecular formula is C16H17N3O4. The highest BCUT2D eigenvalue weighted by Gasteiger charge is 2.11. The van der Waals surface area contributed by atoms with E-state index in [1.54, 1.807) is 42.5 Å². The van der Waals surface area contributed by atoms with Crippen LogP contribution >= 0.6 is 0 Å². The number of carbonyl (C=O) groups excluding carboxylic acids is 1. The lowest BCUT2D eigenvalue weighted by Gasteiger charge is -2.09. The zero-order valence-electron chi connectivity index (χ0n) is 12.6. The molecule has 7 nitrogen and oxygen atoms in total. The van der Waals surface area contributed by atoms with E-state index in [9.17, 15) is 14.9 Å². The monoisotopic (exact) mass is 315 g/mol. The van der Waals surface area contributed by atoms with Gasteiger partial charge in [0, 0.05) is 24.7 Å². The standard InChI is InChI=1S/C16H17N3O4/c1-23-13-6-4-5-12(11-13)16(20)18-10-9-17-14-7-2-3-8-15(14)19(21)22/h2-8,11,17H,9-10H2,1H3,(H,18,20). The molecule has 2 rings (SSSR count). The van der Waals surface area contributed by atoms with Crippen LogP contribution in [0.5, 0.6) is 5.75 Å². The normalized spacial score (nSPS) is 9.96. The summed E-state index contributed by atoms with van der Waals surface area (Å²) in [4.78, 5) is 22.4. The van der Waals surface area contributed by atoms with Crippen molar-refractivity contribution in [3.8, 4) is 5.75 Å². The van der Waals surface area contributed by atoms with Gasteiger partial charge in [0.05, 0.1) is 12.0 Å². The third-order valence-corrected chi connectivity index (χ3v) is 3.16. The molecule has 0 atom stereocenters. The summed E-state index contributed by atoms with van der Waals surface area (Å²) in [5, 5.41) is 16.6. The Bertz CT molecular complexity index is 703. The summed E-state index contributed by atoms with van der Waals surface area (Å²) < 4.78 is 5.07. The molecule has 2 aromatic rings. The van der Waals surface area contributed by atoms with E-state index in [1.807, 2.05) is 0 Å². The Labute approximate surface area is 133 Å². The largest absolute Gasteiger partial charge is 0.497 e. The van der Waals surface area contributed by atoms with Crippen LogP contribution in [-0.2, 0) is 0 Å². The first-order chi connectivity index (χ1) is 11.1. The predicted molar refractivity (Wildman–Crippen MR) is 86.9 cm³/mol. The molecule has 0 aromatic heterocycles. The second-order valence-corrected chi connectivity index (χ2v) is 4.69. The minimum atomic E-state index is -0.447. The van der Waals surface area contributed by atoms with Crippen LogP contribution in [0, 0.1) is 10.1 Å². The van der Waals surface area contributed by atoms with E-state index < -0.39 is 4.92 Å². The van der Waals surface area contributed by atoms with E-state index >= 15 is 0 Å². The quantitative estimate of drug-likeness (QED) is 0.465. The van der Waals surface area contributed by atoms with E-state index in [4.69, 9.17) is 4.74 Å². The van der Waals surface area contributed by atoms with Gasteiger partial charge < -0.3 is 15.4 Å². The van der Waals surface area contributed by atoms with Crippen LogP contribution in [0.3, 0.4) is 0 Å². The Morgan fingerprint density at radius 2 is 1.96 bits per heavy atom. The fraction of sp³-hybridized carbons (Fsp3) is 0.188. The number of para-hydroxylation sites is 2. The van der Waals surface area contributed by atoms with Crippen molar-refractivity contribution in [1.29, 1.82) is 0 Å². The molecule has 1 amide bonds. The number of hydrogen-bond acceptors (Lipinski definition) is 5. The van der Waals surface area contributed by atoms with E-state index in [0.717, 1.165) is 0 Å². The van der Waals surface area contributed by atoms with Gasteiger partial charge >= 0.3 is 0 Å². The van der Waals surface area contributed by atoms with Gasteiger partial charge in [0.2, 0.25) is 0 Å². The Kier molecular flexibility index (Phi) is 5.51. The first-order valence-electron chi connectivity index (χ1n) is 7.01. The summed E-state index contributed by atoms with van der Waals surface area (Å²) in [7, 11) is 1.54. The van der Waals surface area contributed by atoms with Crippen LogP contribution < -0.4 is 15.4 Å². The number of benzene rings is 2. The number of ether oxygens (including phenoxy) is 1. The number of rotatable bonds is 7. The summed E-state index contributed by atoms with van der Waals surface area (Å²) in [6, 6.07) is 13.2. The van der Waals surface area contributed by atoms with Gasteiger partial charge in [-0.15, -0.1) is 0 Å². The van der Waals surface area contributed by atoms with Gasteiger partial charge in [0.1, 0.15) is 11.4 Å². The maximum Gasteiger partial charge on any atom is 0.292 e. The SMILES string of the molecule is COc1cccc(C(=O)NCCNc2ccccc2[N+](=O)[O-])c1. The lowest BCUT2D eigenvalue weighted by Crippen LogP contribution is -2.28. The zero-order chi connectivity index (χ0) is 16.7. The molecule has 0 saturated carbocycles. The molecule has 0 heterocycles. The number of methoxy groups -OCH3 is 1. The van der Waals surface area contributed by atoms with Crippen LogP contribution in [0.1, 0.15) is 10.4 Å². The van der Waals surface area contributed by atoms with E-state index in [1.165, 1.54) is 13.2 Å². The summed E-state index contributed by atoms with van der Waals surface area (Å²) >= 11 is 0. The van der Waals surface area contributed by atoms with Crippen molar-refractivity contribution in [2.75, 3.05) is 25.5 Å². The van der Waals surface area contributed by atoms with Gasteiger partial charge in [-0.3, -0.25) is 14.9 Å². The summed E-state index contributed by atoms with van der Waals surface area (Å²) in [6.07, 6.45) is 0. The minimum absolute atomic E-state index is 0.00613. The lowest BCUT2D eigenvalue weighted by molar-refractivity contribution is -0.384. The first kappa shape index (κ1) is 16.3. The molecule has 0 spiro atoms. The second-order valence-electron chi connectivity index (χ2n) is 4.69. The van der Waals surface area contributed by atoms with Crippen molar-refractivity contribution < 1.29 is 14.5 Å².